The molecule has 144 valence electrons. The van der Waals surface area contributed by atoms with Crippen molar-refractivity contribution in [3.05, 3.63) is 47.3 Å². The standard InChI is InChI=1S/C18H19F2N3O4/c1-11-17(12(2)23(3)22-11)21-15(24)10-26-16(25)9-6-13-4-7-14(8-5-13)27-18(19)20/h4-9,18H,10H2,1-3H3,(H,21,24)/b9-6+. The summed E-state index contributed by atoms with van der Waals surface area (Å²) in [6.45, 7) is 0.224. The van der Waals surface area contributed by atoms with Crippen LogP contribution in [0.4, 0.5) is 14.5 Å². The number of rotatable bonds is 7. The third-order valence-electron chi connectivity index (χ3n) is 3.64. The maximum Gasteiger partial charge on any atom is 0.387 e. The second-order valence-corrected chi connectivity index (χ2v) is 5.61. The molecule has 2 rings (SSSR count). The molecule has 0 aliphatic heterocycles. The van der Waals surface area contributed by atoms with E-state index in [-0.39, 0.29) is 5.75 Å². The van der Waals surface area contributed by atoms with Crippen LogP contribution in [0.3, 0.4) is 0 Å². The predicted octanol–water partition coefficient (Wildman–Crippen LogP) is 2.83. The molecule has 1 aromatic heterocycles. The number of ether oxygens (including phenoxy) is 2. The first kappa shape index (κ1) is 20.1. The van der Waals surface area contributed by atoms with Crippen LogP contribution in [0.2, 0.25) is 0 Å². The molecule has 1 N–H and O–H groups in total. The summed E-state index contributed by atoms with van der Waals surface area (Å²) in [4.78, 5) is 23.6. The number of hydrogen-bond donors (Lipinski definition) is 1. The Balaban J connectivity index is 1.83. The largest absolute Gasteiger partial charge is 0.452 e. The van der Waals surface area contributed by atoms with Crippen LogP contribution in [-0.2, 0) is 21.4 Å². The van der Waals surface area contributed by atoms with E-state index in [4.69, 9.17) is 4.74 Å². The fourth-order valence-corrected chi connectivity index (χ4v) is 2.24. The number of nitrogens with zero attached hydrogens (tertiary/aromatic N) is 2. The van der Waals surface area contributed by atoms with Crippen LogP contribution < -0.4 is 10.1 Å². The second kappa shape index (κ2) is 8.93. The second-order valence-electron chi connectivity index (χ2n) is 5.61. The first-order valence-corrected chi connectivity index (χ1v) is 7.96. The molecule has 1 aromatic carbocycles. The van der Waals surface area contributed by atoms with Crippen molar-refractivity contribution in [2.45, 2.75) is 20.5 Å². The molecule has 0 aliphatic rings. The lowest BCUT2D eigenvalue weighted by atomic mass is 10.2. The summed E-state index contributed by atoms with van der Waals surface area (Å²) in [5.74, 6) is -1.18. The zero-order chi connectivity index (χ0) is 20.0. The van der Waals surface area contributed by atoms with Crippen molar-refractivity contribution in [3.8, 4) is 5.75 Å². The van der Waals surface area contributed by atoms with Gasteiger partial charge in [0, 0.05) is 13.1 Å². The minimum absolute atomic E-state index is 0.0161. The normalized spacial score (nSPS) is 11.0. The van der Waals surface area contributed by atoms with E-state index in [2.05, 4.69) is 15.2 Å². The number of halogens is 2. The van der Waals surface area contributed by atoms with Gasteiger partial charge in [0.25, 0.3) is 5.91 Å². The molecule has 0 saturated heterocycles. The lowest BCUT2D eigenvalue weighted by molar-refractivity contribution is -0.142. The van der Waals surface area contributed by atoms with Crippen molar-refractivity contribution in [1.29, 1.82) is 0 Å². The highest BCUT2D eigenvalue weighted by molar-refractivity contribution is 5.95. The zero-order valence-electron chi connectivity index (χ0n) is 15.0. The molecule has 7 nitrogen and oxygen atoms in total. The highest BCUT2D eigenvalue weighted by Gasteiger charge is 2.13. The fourth-order valence-electron chi connectivity index (χ4n) is 2.24. The molecule has 0 atom stereocenters. The number of amides is 1. The van der Waals surface area contributed by atoms with Gasteiger partial charge in [-0.1, -0.05) is 12.1 Å². The van der Waals surface area contributed by atoms with Gasteiger partial charge in [0.1, 0.15) is 5.75 Å². The van der Waals surface area contributed by atoms with Crippen molar-refractivity contribution < 1.29 is 27.8 Å². The van der Waals surface area contributed by atoms with Crippen molar-refractivity contribution in [2.24, 2.45) is 7.05 Å². The van der Waals surface area contributed by atoms with Gasteiger partial charge in [-0.05, 0) is 37.6 Å². The van der Waals surface area contributed by atoms with Gasteiger partial charge in [-0.2, -0.15) is 13.9 Å². The van der Waals surface area contributed by atoms with Gasteiger partial charge in [-0.15, -0.1) is 0 Å². The van der Waals surface area contributed by atoms with Crippen LogP contribution in [0, 0.1) is 13.8 Å². The van der Waals surface area contributed by atoms with Crippen LogP contribution in [0.1, 0.15) is 17.0 Å². The molecule has 0 unspecified atom stereocenters. The van der Waals surface area contributed by atoms with E-state index in [9.17, 15) is 18.4 Å². The van der Waals surface area contributed by atoms with Crippen molar-refractivity contribution in [3.63, 3.8) is 0 Å². The highest BCUT2D eigenvalue weighted by Crippen LogP contribution is 2.18. The molecular weight excluding hydrogens is 360 g/mol. The fraction of sp³-hybridized carbons (Fsp3) is 0.278. The first-order chi connectivity index (χ1) is 12.8. The lowest BCUT2D eigenvalue weighted by Crippen LogP contribution is -2.20. The van der Waals surface area contributed by atoms with Gasteiger partial charge in [0.15, 0.2) is 6.61 Å². The van der Waals surface area contributed by atoms with Crippen LogP contribution in [-0.4, -0.2) is 34.9 Å². The molecular formula is C18H19F2N3O4. The van der Waals surface area contributed by atoms with Gasteiger partial charge in [0.05, 0.1) is 17.1 Å². The molecule has 0 saturated carbocycles. The van der Waals surface area contributed by atoms with E-state index in [1.807, 2.05) is 6.92 Å². The summed E-state index contributed by atoms with van der Waals surface area (Å²) in [6, 6.07) is 5.71. The Morgan fingerprint density at radius 2 is 1.93 bits per heavy atom. The van der Waals surface area contributed by atoms with Crippen molar-refractivity contribution in [2.75, 3.05) is 11.9 Å². The third-order valence-corrected chi connectivity index (χ3v) is 3.64. The molecule has 27 heavy (non-hydrogen) atoms. The number of carbonyl (C=O) groups excluding carboxylic acids is 2. The zero-order valence-corrected chi connectivity index (χ0v) is 15.0. The Kier molecular flexibility index (Phi) is 6.64. The van der Waals surface area contributed by atoms with Crippen LogP contribution in [0.25, 0.3) is 6.08 Å². The number of alkyl halides is 2. The van der Waals surface area contributed by atoms with Gasteiger partial charge < -0.3 is 14.8 Å². The molecule has 0 aliphatic carbocycles. The van der Waals surface area contributed by atoms with Crippen LogP contribution in [0.15, 0.2) is 30.3 Å². The molecule has 0 fully saturated rings. The number of carbonyl (C=O) groups is 2. The third kappa shape index (κ3) is 5.91. The number of nitrogens with one attached hydrogen (secondary N) is 1. The van der Waals surface area contributed by atoms with E-state index in [1.165, 1.54) is 30.3 Å². The van der Waals surface area contributed by atoms with E-state index in [0.717, 1.165) is 11.8 Å². The van der Waals surface area contributed by atoms with Gasteiger partial charge in [0.2, 0.25) is 0 Å². The Labute approximate surface area is 154 Å². The average molecular weight is 379 g/mol. The molecule has 0 radical (unpaired) electrons. The SMILES string of the molecule is Cc1nn(C)c(C)c1NC(=O)COC(=O)/C=C/c1ccc(OC(F)F)cc1. The molecule has 2 aromatic rings. The minimum atomic E-state index is -2.90. The van der Waals surface area contributed by atoms with Crippen molar-refractivity contribution >= 4 is 23.6 Å². The van der Waals surface area contributed by atoms with E-state index < -0.39 is 25.1 Å². The molecule has 1 heterocycles. The number of esters is 1. The molecule has 0 spiro atoms. The Morgan fingerprint density at radius 1 is 1.26 bits per heavy atom. The summed E-state index contributed by atoms with van der Waals surface area (Å²) >= 11 is 0. The van der Waals surface area contributed by atoms with Gasteiger partial charge in [-0.3, -0.25) is 9.48 Å². The van der Waals surface area contributed by atoms with Gasteiger partial charge in [-0.25, -0.2) is 4.79 Å². The van der Waals surface area contributed by atoms with E-state index in [0.29, 0.717) is 16.9 Å². The monoisotopic (exact) mass is 379 g/mol. The molecule has 9 heteroatoms. The highest BCUT2D eigenvalue weighted by atomic mass is 19.3. The number of aryl methyl sites for hydroxylation is 2. The predicted molar refractivity (Wildman–Crippen MR) is 94.4 cm³/mol. The minimum Gasteiger partial charge on any atom is -0.452 e. The Bertz CT molecular complexity index is 845. The van der Waals surface area contributed by atoms with E-state index in [1.54, 1.807) is 18.7 Å². The van der Waals surface area contributed by atoms with Crippen LogP contribution in [0.5, 0.6) is 5.75 Å². The average Bonchev–Trinajstić information content (AvgIpc) is 2.85. The molecule has 1 amide bonds. The summed E-state index contributed by atoms with van der Waals surface area (Å²) in [5.41, 5.74) is 2.61. The van der Waals surface area contributed by atoms with Gasteiger partial charge >= 0.3 is 12.6 Å². The maximum absolute atomic E-state index is 12.1. The molecule has 0 bridgehead atoms. The number of benzene rings is 1. The maximum atomic E-state index is 12.1. The summed E-state index contributed by atoms with van der Waals surface area (Å²) < 4.78 is 34.9. The smallest absolute Gasteiger partial charge is 0.387 e. The summed E-state index contributed by atoms with van der Waals surface area (Å²) in [6.07, 6.45) is 2.57. The number of anilines is 1. The number of aromatic nitrogens is 2. The topological polar surface area (TPSA) is 82.5 Å². The number of hydrogen-bond acceptors (Lipinski definition) is 5. The first-order valence-electron chi connectivity index (χ1n) is 7.96. The quantitative estimate of drug-likeness (QED) is 0.591. The summed E-state index contributed by atoms with van der Waals surface area (Å²) in [7, 11) is 1.76. The lowest BCUT2D eigenvalue weighted by Gasteiger charge is -2.06. The Morgan fingerprint density at radius 3 is 2.48 bits per heavy atom. The Hall–Kier alpha value is -3.23. The van der Waals surface area contributed by atoms with Crippen LogP contribution >= 0.6 is 0 Å². The summed E-state index contributed by atoms with van der Waals surface area (Å²) in [5, 5.41) is 6.83. The van der Waals surface area contributed by atoms with E-state index >= 15 is 0 Å². The van der Waals surface area contributed by atoms with Crippen molar-refractivity contribution in [1.82, 2.24) is 9.78 Å².